The van der Waals surface area contributed by atoms with E-state index in [1.54, 1.807) is 25.1 Å². The third-order valence-corrected chi connectivity index (χ3v) is 5.34. The number of rotatable bonds is 5. The first kappa shape index (κ1) is 19.6. The zero-order chi connectivity index (χ0) is 21.3. The van der Waals surface area contributed by atoms with E-state index in [0.717, 1.165) is 11.3 Å². The fourth-order valence-electron chi connectivity index (χ4n) is 2.93. The first-order chi connectivity index (χ1) is 14.5. The van der Waals surface area contributed by atoms with Crippen LogP contribution in [0, 0.1) is 10.1 Å². The number of hydrogen-bond donors (Lipinski definition) is 0. The van der Waals surface area contributed by atoms with Crippen LogP contribution in [0.3, 0.4) is 0 Å². The van der Waals surface area contributed by atoms with E-state index in [1.807, 2.05) is 0 Å². The Kier molecular flexibility index (Phi) is 5.19. The predicted octanol–water partition coefficient (Wildman–Crippen LogP) is 2.64. The van der Waals surface area contributed by atoms with Gasteiger partial charge in [0, 0.05) is 17.7 Å². The van der Waals surface area contributed by atoms with Crippen molar-refractivity contribution in [3.63, 3.8) is 0 Å². The van der Waals surface area contributed by atoms with E-state index in [1.165, 1.54) is 22.8 Å². The van der Waals surface area contributed by atoms with Crippen molar-refractivity contribution in [2.75, 3.05) is 13.4 Å². The lowest BCUT2D eigenvalue weighted by molar-refractivity contribution is -0.384. The molecular weight excluding hydrogens is 414 g/mol. The number of hydrogen-bond acceptors (Lipinski definition) is 8. The molecule has 0 aliphatic carbocycles. The SMILES string of the molecule is CCOC(=O)Cn1c(=NC(=O)c2ccc3c(c2)OCO3)sc2ccc([N+](=O)[O-])cc21. The molecule has 4 rings (SSSR count). The van der Waals surface area contributed by atoms with Crippen LogP contribution in [0.25, 0.3) is 10.2 Å². The van der Waals surface area contributed by atoms with Gasteiger partial charge in [0.2, 0.25) is 6.79 Å². The number of fused-ring (bicyclic) bond motifs is 2. The number of non-ortho nitro benzene ring substituents is 1. The van der Waals surface area contributed by atoms with E-state index in [-0.39, 0.29) is 36.0 Å². The fourth-order valence-corrected chi connectivity index (χ4v) is 3.93. The van der Waals surface area contributed by atoms with Gasteiger partial charge < -0.3 is 18.8 Å². The number of nitro benzene ring substituents is 1. The number of nitro groups is 1. The number of thiazole rings is 1. The van der Waals surface area contributed by atoms with Crippen LogP contribution in [0.15, 0.2) is 41.4 Å². The van der Waals surface area contributed by atoms with Gasteiger partial charge in [0.1, 0.15) is 6.54 Å². The highest BCUT2D eigenvalue weighted by Crippen LogP contribution is 2.32. The molecule has 1 aliphatic rings. The molecule has 0 N–H and O–H groups in total. The van der Waals surface area contributed by atoms with E-state index < -0.39 is 16.8 Å². The summed E-state index contributed by atoms with van der Waals surface area (Å²) in [6.07, 6.45) is 0. The predicted molar refractivity (Wildman–Crippen MR) is 106 cm³/mol. The standard InChI is InChI=1S/C19H15N3O7S/c1-2-27-17(23)9-21-13-8-12(22(25)26)4-6-16(13)30-19(21)20-18(24)11-3-5-14-15(7-11)29-10-28-14/h3-8H,2,9-10H2,1H3. The molecule has 0 bridgehead atoms. The van der Waals surface area contributed by atoms with Gasteiger partial charge in [0.25, 0.3) is 11.6 Å². The smallest absolute Gasteiger partial charge is 0.326 e. The third-order valence-electron chi connectivity index (χ3n) is 4.29. The highest BCUT2D eigenvalue weighted by Gasteiger charge is 2.18. The zero-order valence-corrected chi connectivity index (χ0v) is 16.5. The summed E-state index contributed by atoms with van der Waals surface area (Å²) in [6.45, 7) is 1.71. The molecule has 0 spiro atoms. The van der Waals surface area contributed by atoms with Crippen LogP contribution >= 0.6 is 11.3 Å². The van der Waals surface area contributed by atoms with Crippen LogP contribution in [0.2, 0.25) is 0 Å². The topological polar surface area (TPSA) is 122 Å². The molecule has 0 saturated carbocycles. The Labute approximate surface area is 173 Å². The van der Waals surface area contributed by atoms with E-state index in [0.29, 0.717) is 21.7 Å². The maximum atomic E-state index is 12.7. The van der Waals surface area contributed by atoms with Crippen molar-refractivity contribution in [1.29, 1.82) is 0 Å². The van der Waals surface area contributed by atoms with Gasteiger partial charge in [0.05, 0.1) is 21.7 Å². The molecule has 0 atom stereocenters. The van der Waals surface area contributed by atoms with Crippen molar-refractivity contribution in [2.24, 2.45) is 4.99 Å². The fraction of sp³-hybridized carbons (Fsp3) is 0.211. The van der Waals surface area contributed by atoms with Gasteiger partial charge in [-0.2, -0.15) is 4.99 Å². The molecule has 154 valence electrons. The molecule has 10 nitrogen and oxygen atoms in total. The van der Waals surface area contributed by atoms with Gasteiger partial charge in [-0.1, -0.05) is 11.3 Å². The summed E-state index contributed by atoms with van der Waals surface area (Å²) in [7, 11) is 0. The van der Waals surface area contributed by atoms with Gasteiger partial charge in [-0.25, -0.2) is 0 Å². The highest BCUT2D eigenvalue weighted by molar-refractivity contribution is 7.16. The molecule has 1 aliphatic heterocycles. The maximum Gasteiger partial charge on any atom is 0.326 e. The van der Waals surface area contributed by atoms with Crippen LogP contribution < -0.4 is 14.3 Å². The number of benzene rings is 2. The minimum atomic E-state index is -0.549. The van der Waals surface area contributed by atoms with Gasteiger partial charge in [-0.3, -0.25) is 19.7 Å². The summed E-state index contributed by atoms with van der Waals surface area (Å²) in [5, 5.41) is 11.2. The Morgan fingerprint density at radius 1 is 1.23 bits per heavy atom. The molecule has 0 fully saturated rings. The van der Waals surface area contributed by atoms with E-state index in [9.17, 15) is 19.7 Å². The Bertz CT molecular complexity index is 1240. The Hall–Kier alpha value is -3.73. The largest absolute Gasteiger partial charge is 0.465 e. The van der Waals surface area contributed by atoms with Crippen molar-refractivity contribution in [3.05, 3.63) is 56.9 Å². The van der Waals surface area contributed by atoms with Gasteiger partial charge in [0.15, 0.2) is 16.3 Å². The van der Waals surface area contributed by atoms with Crippen molar-refractivity contribution in [1.82, 2.24) is 4.57 Å². The number of esters is 1. The number of aromatic nitrogens is 1. The minimum Gasteiger partial charge on any atom is -0.465 e. The van der Waals surface area contributed by atoms with Crippen molar-refractivity contribution in [2.45, 2.75) is 13.5 Å². The number of carbonyl (C=O) groups is 2. The average Bonchev–Trinajstić information content (AvgIpc) is 3.32. The third kappa shape index (κ3) is 3.74. The molecule has 11 heteroatoms. The van der Waals surface area contributed by atoms with Crippen molar-refractivity contribution in [3.8, 4) is 11.5 Å². The van der Waals surface area contributed by atoms with Crippen LogP contribution in [0.4, 0.5) is 5.69 Å². The van der Waals surface area contributed by atoms with Crippen LogP contribution in [-0.4, -0.2) is 34.8 Å². The molecule has 30 heavy (non-hydrogen) atoms. The second-order valence-electron chi connectivity index (χ2n) is 6.17. The summed E-state index contributed by atoms with van der Waals surface area (Å²) in [4.78, 5) is 39.8. The van der Waals surface area contributed by atoms with Crippen LogP contribution in [0.5, 0.6) is 11.5 Å². The lowest BCUT2D eigenvalue weighted by Crippen LogP contribution is -2.23. The first-order valence-electron chi connectivity index (χ1n) is 8.88. The number of ether oxygens (including phenoxy) is 3. The summed E-state index contributed by atoms with van der Waals surface area (Å²) in [5.74, 6) is -0.104. The van der Waals surface area contributed by atoms with Gasteiger partial charge in [-0.15, -0.1) is 0 Å². The normalized spacial score (nSPS) is 12.9. The number of nitrogens with zero attached hydrogens (tertiary/aromatic N) is 3. The van der Waals surface area contributed by atoms with Crippen molar-refractivity contribution < 1.29 is 28.7 Å². The van der Waals surface area contributed by atoms with E-state index in [2.05, 4.69) is 4.99 Å². The first-order valence-corrected chi connectivity index (χ1v) is 9.70. The molecule has 0 radical (unpaired) electrons. The summed E-state index contributed by atoms with van der Waals surface area (Å²) in [5.41, 5.74) is 0.566. The lowest BCUT2D eigenvalue weighted by Gasteiger charge is -2.05. The second kappa shape index (κ2) is 7.95. The van der Waals surface area contributed by atoms with Crippen molar-refractivity contribution >= 4 is 39.1 Å². The summed E-state index contributed by atoms with van der Waals surface area (Å²) >= 11 is 1.14. The second-order valence-corrected chi connectivity index (χ2v) is 7.18. The summed E-state index contributed by atoms with van der Waals surface area (Å²) < 4.78 is 17.6. The maximum absolute atomic E-state index is 12.7. The highest BCUT2D eigenvalue weighted by atomic mass is 32.1. The molecule has 3 aromatic rings. The molecule has 2 aromatic carbocycles. The van der Waals surface area contributed by atoms with Gasteiger partial charge >= 0.3 is 5.97 Å². The van der Waals surface area contributed by atoms with Crippen LogP contribution in [0.1, 0.15) is 17.3 Å². The van der Waals surface area contributed by atoms with Crippen LogP contribution in [-0.2, 0) is 16.1 Å². The van der Waals surface area contributed by atoms with E-state index >= 15 is 0 Å². The zero-order valence-electron chi connectivity index (χ0n) is 15.7. The summed E-state index contributed by atoms with van der Waals surface area (Å²) in [6, 6.07) is 8.97. The number of carbonyl (C=O) groups excluding carboxylic acids is 2. The molecular formula is C19H15N3O7S. The molecule has 2 heterocycles. The molecule has 0 unspecified atom stereocenters. The Morgan fingerprint density at radius 3 is 2.80 bits per heavy atom. The minimum absolute atomic E-state index is 0.0821. The van der Waals surface area contributed by atoms with Gasteiger partial charge in [-0.05, 0) is 31.2 Å². The molecule has 1 aromatic heterocycles. The van der Waals surface area contributed by atoms with E-state index in [4.69, 9.17) is 14.2 Å². The quantitative estimate of drug-likeness (QED) is 0.347. The number of amides is 1. The Balaban J connectivity index is 1.80. The monoisotopic (exact) mass is 429 g/mol. The Morgan fingerprint density at radius 2 is 2.03 bits per heavy atom. The average molecular weight is 429 g/mol. The molecule has 0 saturated heterocycles. The molecule has 1 amide bonds. The lowest BCUT2D eigenvalue weighted by atomic mass is 10.2.